The molecule has 0 saturated heterocycles. The Bertz CT molecular complexity index is 595. The van der Waals surface area contributed by atoms with Crippen molar-refractivity contribution in [2.24, 2.45) is 5.73 Å². The highest BCUT2D eigenvalue weighted by Crippen LogP contribution is 2.26. The maximum atomic E-state index is 12.0. The molecule has 0 amide bonds. The SMILES string of the molecule is Cc1ccc(C(N)COCC(F)(F)F)c2ccccc12. The highest BCUT2D eigenvalue weighted by molar-refractivity contribution is 5.88. The van der Waals surface area contributed by atoms with Gasteiger partial charge in [-0.15, -0.1) is 0 Å². The van der Waals surface area contributed by atoms with Gasteiger partial charge in [0.25, 0.3) is 0 Å². The summed E-state index contributed by atoms with van der Waals surface area (Å²) in [5.41, 5.74) is 7.85. The molecule has 0 aliphatic carbocycles. The van der Waals surface area contributed by atoms with Gasteiger partial charge >= 0.3 is 6.18 Å². The zero-order chi connectivity index (χ0) is 14.8. The van der Waals surface area contributed by atoms with Crippen LogP contribution >= 0.6 is 0 Å². The number of rotatable bonds is 4. The number of benzene rings is 2. The zero-order valence-electron chi connectivity index (χ0n) is 11.1. The molecule has 0 heterocycles. The lowest BCUT2D eigenvalue weighted by molar-refractivity contribution is -0.174. The van der Waals surface area contributed by atoms with Gasteiger partial charge in [-0.1, -0.05) is 36.4 Å². The second-order valence-corrected chi connectivity index (χ2v) is 4.75. The molecule has 20 heavy (non-hydrogen) atoms. The van der Waals surface area contributed by atoms with Crippen LogP contribution in [0.15, 0.2) is 36.4 Å². The molecular formula is C15H16F3NO. The number of aryl methyl sites for hydroxylation is 1. The molecule has 108 valence electrons. The van der Waals surface area contributed by atoms with Gasteiger partial charge in [0, 0.05) is 0 Å². The van der Waals surface area contributed by atoms with Crippen LogP contribution in [0.1, 0.15) is 17.2 Å². The fourth-order valence-corrected chi connectivity index (χ4v) is 2.19. The second kappa shape index (κ2) is 5.81. The fourth-order valence-electron chi connectivity index (χ4n) is 2.19. The molecule has 0 radical (unpaired) electrons. The summed E-state index contributed by atoms with van der Waals surface area (Å²) in [5.74, 6) is 0. The molecule has 0 aliphatic heterocycles. The van der Waals surface area contributed by atoms with Crippen molar-refractivity contribution in [1.29, 1.82) is 0 Å². The van der Waals surface area contributed by atoms with Crippen molar-refractivity contribution in [3.05, 3.63) is 47.5 Å². The van der Waals surface area contributed by atoms with Crippen LogP contribution < -0.4 is 5.73 Å². The van der Waals surface area contributed by atoms with Crippen LogP contribution in [0.4, 0.5) is 13.2 Å². The van der Waals surface area contributed by atoms with Gasteiger partial charge in [0.1, 0.15) is 6.61 Å². The quantitative estimate of drug-likeness (QED) is 0.928. The fraction of sp³-hybridized carbons (Fsp3) is 0.333. The van der Waals surface area contributed by atoms with E-state index < -0.39 is 18.8 Å². The van der Waals surface area contributed by atoms with Crippen LogP contribution in [-0.2, 0) is 4.74 Å². The summed E-state index contributed by atoms with van der Waals surface area (Å²) in [5, 5.41) is 2.01. The zero-order valence-corrected chi connectivity index (χ0v) is 11.1. The maximum absolute atomic E-state index is 12.0. The number of hydrogen-bond donors (Lipinski definition) is 1. The Labute approximate surface area is 115 Å². The van der Waals surface area contributed by atoms with Crippen molar-refractivity contribution in [3.63, 3.8) is 0 Å². The monoisotopic (exact) mass is 283 g/mol. The number of ether oxygens (including phenoxy) is 1. The highest BCUT2D eigenvalue weighted by Gasteiger charge is 2.27. The Morgan fingerprint density at radius 3 is 2.40 bits per heavy atom. The van der Waals surface area contributed by atoms with Crippen molar-refractivity contribution in [2.45, 2.75) is 19.1 Å². The molecule has 0 aliphatic rings. The maximum Gasteiger partial charge on any atom is 0.411 e. The summed E-state index contributed by atoms with van der Waals surface area (Å²) in [6, 6.07) is 10.9. The van der Waals surface area contributed by atoms with Gasteiger partial charge in [0.05, 0.1) is 12.6 Å². The van der Waals surface area contributed by atoms with E-state index in [0.29, 0.717) is 0 Å². The summed E-state index contributed by atoms with van der Waals surface area (Å²) in [6.45, 7) is 0.550. The molecule has 5 heteroatoms. The van der Waals surface area contributed by atoms with Crippen molar-refractivity contribution >= 4 is 10.8 Å². The third-order valence-electron chi connectivity index (χ3n) is 3.14. The first-order chi connectivity index (χ1) is 9.38. The smallest absolute Gasteiger partial charge is 0.370 e. The predicted octanol–water partition coefficient (Wildman–Crippen LogP) is 3.73. The minimum atomic E-state index is -4.32. The van der Waals surface area contributed by atoms with Gasteiger partial charge in [0.15, 0.2) is 0 Å². The molecule has 0 spiro atoms. The lowest BCUT2D eigenvalue weighted by atomic mass is 9.96. The Morgan fingerprint density at radius 2 is 1.75 bits per heavy atom. The number of hydrogen-bond acceptors (Lipinski definition) is 2. The molecule has 2 rings (SSSR count). The molecule has 2 nitrogen and oxygen atoms in total. The van der Waals surface area contributed by atoms with Crippen LogP contribution in [0.5, 0.6) is 0 Å². The summed E-state index contributed by atoms with van der Waals surface area (Å²) in [7, 11) is 0. The van der Waals surface area contributed by atoms with Gasteiger partial charge < -0.3 is 10.5 Å². The average molecular weight is 283 g/mol. The van der Waals surface area contributed by atoms with Gasteiger partial charge in [-0.05, 0) is 28.8 Å². The molecular weight excluding hydrogens is 267 g/mol. The van der Waals surface area contributed by atoms with E-state index in [1.165, 1.54) is 0 Å². The van der Waals surface area contributed by atoms with Crippen molar-refractivity contribution in [2.75, 3.05) is 13.2 Å². The third-order valence-corrected chi connectivity index (χ3v) is 3.14. The number of nitrogens with two attached hydrogens (primary N) is 1. The Morgan fingerprint density at radius 1 is 1.10 bits per heavy atom. The number of fused-ring (bicyclic) bond motifs is 1. The first-order valence-electron chi connectivity index (χ1n) is 6.27. The van der Waals surface area contributed by atoms with E-state index in [9.17, 15) is 13.2 Å². The lowest BCUT2D eigenvalue weighted by Crippen LogP contribution is -2.23. The van der Waals surface area contributed by atoms with Crippen LogP contribution in [0.2, 0.25) is 0 Å². The predicted molar refractivity (Wildman–Crippen MR) is 72.5 cm³/mol. The Balaban J connectivity index is 2.18. The van der Waals surface area contributed by atoms with Crippen LogP contribution in [0.25, 0.3) is 10.8 Å². The summed E-state index contributed by atoms with van der Waals surface area (Å²) < 4.78 is 40.8. The molecule has 0 fully saturated rings. The number of alkyl halides is 3. The standard InChI is InChI=1S/C15H16F3NO/c1-10-6-7-13(12-5-3-2-4-11(10)12)14(19)8-20-9-15(16,17)18/h2-7,14H,8-9,19H2,1H3. The van der Waals surface area contributed by atoms with Crippen molar-refractivity contribution in [3.8, 4) is 0 Å². The van der Waals surface area contributed by atoms with E-state index in [2.05, 4.69) is 4.74 Å². The topological polar surface area (TPSA) is 35.2 Å². The van der Waals surface area contributed by atoms with Gasteiger partial charge in [-0.2, -0.15) is 13.2 Å². The van der Waals surface area contributed by atoms with E-state index in [1.54, 1.807) is 0 Å². The van der Waals surface area contributed by atoms with Crippen molar-refractivity contribution < 1.29 is 17.9 Å². The lowest BCUT2D eigenvalue weighted by Gasteiger charge is -2.16. The molecule has 1 unspecified atom stereocenters. The van der Waals surface area contributed by atoms with E-state index >= 15 is 0 Å². The van der Waals surface area contributed by atoms with Crippen molar-refractivity contribution in [1.82, 2.24) is 0 Å². The molecule has 0 bridgehead atoms. The van der Waals surface area contributed by atoms with Crippen LogP contribution in [0, 0.1) is 6.92 Å². The van der Waals surface area contributed by atoms with E-state index in [4.69, 9.17) is 5.73 Å². The largest absolute Gasteiger partial charge is 0.411 e. The first-order valence-corrected chi connectivity index (χ1v) is 6.27. The summed E-state index contributed by atoms with van der Waals surface area (Å²) in [6.07, 6.45) is -4.32. The van der Waals surface area contributed by atoms with E-state index in [1.807, 2.05) is 43.3 Å². The van der Waals surface area contributed by atoms with Gasteiger partial charge in [0.2, 0.25) is 0 Å². The second-order valence-electron chi connectivity index (χ2n) is 4.75. The van der Waals surface area contributed by atoms with Gasteiger partial charge in [-0.25, -0.2) is 0 Å². The molecule has 0 aromatic heterocycles. The van der Waals surface area contributed by atoms with Crippen LogP contribution in [-0.4, -0.2) is 19.4 Å². The van der Waals surface area contributed by atoms with E-state index in [0.717, 1.165) is 21.9 Å². The van der Waals surface area contributed by atoms with Gasteiger partial charge in [-0.3, -0.25) is 0 Å². The van der Waals surface area contributed by atoms with E-state index in [-0.39, 0.29) is 6.61 Å². The minimum Gasteiger partial charge on any atom is -0.370 e. The average Bonchev–Trinajstić information content (AvgIpc) is 2.38. The highest BCUT2D eigenvalue weighted by atomic mass is 19.4. The Hall–Kier alpha value is -1.59. The molecule has 2 N–H and O–H groups in total. The first kappa shape index (κ1) is 14.8. The number of halogens is 3. The molecule has 1 atom stereocenters. The summed E-state index contributed by atoms with van der Waals surface area (Å²) >= 11 is 0. The van der Waals surface area contributed by atoms with Crippen LogP contribution in [0.3, 0.4) is 0 Å². The molecule has 0 saturated carbocycles. The molecule has 2 aromatic carbocycles. The third kappa shape index (κ3) is 3.49. The molecule has 2 aromatic rings. The summed E-state index contributed by atoms with van der Waals surface area (Å²) in [4.78, 5) is 0. The Kier molecular flexibility index (Phi) is 4.30. The minimum absolute atomic E-state index is 0.160. The normalized spacial score (nSPS) is 13.7.